The van der Waals surface area contributed by atoms with Crippen LogP contribution >= 0.6 is 0 Å². The van der Waals surface area contributed by atoms with E-state index < -0.39 is 11.9 Å². The molecule has 0 saturated heterocycles. The van der Waals surface area contributed by atoms with Crippen LogP contribution in [0.25, 0.3) is 0 Å². The van der Waals surface area contributed by atoms with E-state index in [1.807, 2.05) is 0 Å². The van der Waals surface area contributed by atoms with Gasteiger partial charge in [-0.05, 0) is 12.8 Å². The Kier molecular flexibility index (Phi) is 14.0. The summed E-state index contributed by atoms with van der Waals surface area (Å²) in [6, 6.07) is 0. The standard InChI is InChI=1S/C9H16O4.Eu/c10-8(11)6-4-2-1-3-5-7-9(12)13;/h1-7H2,(H,10,11)(H,12,13);. The fraction of sp³-hybridized carbons (Fsp3) is 0.778. The average Bonchev–Trinajstić information content (AvgIpc) is 2.01. The number of rotatable bonds is 8. The second-order valence-electron chi connectivity index (χ2n) is 3.06. The molecular weight excluding hydrogens is 324 g/mol. The van der Waals surface area contributed by atoms with Gasteiger partial charge in [-0.1, -0.05) is 19.3 Å². The molecule has 0 rings (SSSR count). The van der Waals surface area contributed by atoms with Gasteiger partial charge in [0.05, 0.1) is 0 Å². The van der Waals surface area contributed by atoms with Gasteiger partial charge >= 0.3 is 11.9 Å². The Morgan fingerprint density at radius 1 is 0.714 bits per heavy atom. The van der Waals surface area contributed by atoms with Gasteiger partial charge in [-0.2, -0.15) is 0 Å². The van der Waals surface area contributed by atoms with E-state index in [9.17, 15) is 9.59 Å². The predicted octanol–water partition coefficient (Wildman–Crippen LogP) is 1.89. The number of hydrogen-bond donors (Lipinski definition) is 2. The van der Waals surface area contributed by atoms with Gasteiger partial charge in [0, 0.05) is 62.2 Å². The van der Waals surface area contributed by atoms with Crippen molar-refractivity contribution in [2.45, 2.75) is 44.9 Å². The molecule has 0 heterocycles. The van der Waals surface area contributed by atoms with Crippen LogP contribution in [0.15, 0.2) is 0 Å². The fourth-order valence-corrected chi connectivity index (χ4v) is 1.08. The fourth-order valence-electron chi connectivity index (χ4n) is 1.08. The van der Waals surface area contributed by atoms with Crippen LogP contribution in [0.3, 0.4) is 0 Å². The molecular formula is C9H16EuO4. The molecule has 1 radical (unpaired) electrons. The van der Waals surface area contributed by atoms with E-state index in [2.05, 4.69) is 0 Å². The van der Waals surface area contributed by atoms with Gasteiger partial charge in [0.25, 0.3) is 0 Å². The summed E-state index contributed by atoms with van der Waals surface area (Å²) in [6.07, 6.45) is 4.53. The minimum atomic E-state index is -0.759. The Labute approximate surface area is 125 Å². The third kappa shape index (κ3) is 15.0. The second kappa shape index (κ2) is 11.6. The molecule has 0 amide bonds. The van der Waals surface area contributed by atoms with Gasteiger partial charge < -0.3 is 10.2 Å². The van der Waals surface area contributed by atoms with Gasteiger partial charge in [0.1, 0.15) is 0 Å². The van der Waals surface area contributed by atoms with Crippen LogP contribution in [0.4, 0.5) is 0 Å². The van der Waals surface area contributed by atoms with Crippen molar-refractivity contribution >= 4 is 11.9 Å². The van der Waals surface area contributed by atoms with E-state index in [-0.39, 0.29) is 62.2 Å². The Balaban J connectivity index is 0. The molecule has 0 aromatic rings. The van der Waals surface area contributed by atoms with E-state index in [4.69, 9.17) is 10.2 Å². The van der Waals surface area contributed by atoms with Crippen molar-refractivity contribution in [1.29, 1.82) is 0 Å². The first-order valence-electron chi connectivity index (χ1n) is 4.56. The first kappa shape index (κ1) is 16.9. The van der Waals surface area contributed by atoms with Crippen LogP contribution in [0.5, 0.6) is 0 Å². The van der Waals surface area contributed by atoms with Crippen molar-refractivity contribution in [3.8, 4) is 0 Å². The Hall–Kier alpha value is 0.524. The predicted molar refractivity (Wildman–Crippen MR) is 47.6 cm³/mol. The minimum absolute atomic E-state index is 0. The maximum atomic E-state index is 10.1. The molecule has 0 aromatic heterocycles. The number of carboxylic acids is 2. The zero-order valence-corrected chi connectivity index (χ0v) is 10.5. The van der Waals surface area contributed by atoms with Gasteiger partial charge in [0.15, 0.2) is 0 Å². The Morgan fingerprint density at radius 2 is 1.00 bits per heavy atom. The molecule has 0 aliphatic rings. The number of hydrogen-bond acceptors (Lipinski definition) is 2. The van der Waals surface area contributed by atoms with Gasteiger partial charge in [-0.25, -0.2) is 0 Å². The number of aliphatic carboxylic acids is 2. The van der Waals surface area contributed by atoms with Crippen molar-refractivity contribution in [2.75, 3.05) is 0 Å². The van der Waals surface area contributed by atoms with Crippen molar-refractivity contribution in [3.05, 3.63) is 0 Å². The molecule has 0 bridgehead atoms. The zero-order valence-electron chi connectivity index (χ0n) is 8.04. The van der Waals surface area contributed by atoms with Crippen LogP contribution in [-0.2, 0) is 9.59 Å². The summed E-state index contributed by atoms with van der Waals surface area (Å²) in [5.74, 6) is -1.52. The Bertz CT molecular complexity index is 152. The molecule has 0 unspecified atom stereocenters. The summed E-state index contributed by atoms with van der Waals surface area (Å²) in [5, 5.41) is 16.6. The molecule has 0 spiro atoms. The number of carboxylic acid groups (broad SMARTS) is 2. The van der Waals surface area contributed by atoms with Crippen molar-refractivity contribution in [1.82, 2.24) is 0 Å². The van der Waals surface area contributed by atoms with Crippen molar-refractivity contribution in [2.24, 2.45) is 0 Å². The van der Waals surface area contributed by atoms with E-state index in [1.165, 1.54) is 0 Å². The molecule has 5 heteroatoms. The van der Waals surface area contributed by atoms with Crippen molar-refractivity contribution in [3.63, 3.8) is 0 Å². The number of carbonyl (C=O) groups is 2. The smallest absolute Gasteiger partial charge is 0.303 e. The van der Waals surface area contributed by atoms with Crippen LogP contribution < -0.4 is 0 Å². The zero-order chi connectivity index (χ0) is 10.1. The van der Waals surface area contributed by atoms with Crippen LogP contribution in [0, 0.1) is 49.4 Å². The molecule has 0 aromatic carbocycles. The monoisotopic (exact) mass is 341 g/mol. The van der Waals surface area contributed by atoms with Gasteiger partial charge in [0.2, 0.25) is 0 Å². The Morgan fingerprint density at radius 3 is 1.29 bits per heavy atom. The second-order valence-corrected chi connectivity index (χ2v) is 3.06. The first-order chi connectivity index (χ1) is 6.13. The van der Waals surface area contributed by atoms with Crippen LogP contribution in [0.1, 0.15) is 44.9 Å². The summed E-state index contributed by atoms with van der Waals surface area (Å²) < 4.78 is 0. The quantitative estimate of drug-likeness (QED) is 0.662. The average molecular weight is 340 g/mol. The maximum Gasteiger partial charge on any atom is 0.303 e. The maximum absolute atomic E-state index is 10.1. The molecule has 4 nitrogen and oxygen atoms in total. The largest absolute Gasteiger partial charge is 0.481 e. The third-order valence-electron chi connectivity index (χ3n) is 1.78. The summed E-state index contributed by atoms with van der Waals surface area (Å²) in [4.78, 5) is 20.2. The molecule has 0 aliphatic heterocycles. The summed E-state index contributed by atoms with van der Waals surface area (Å²) >= 11 is 0. The summed E-state index contributed by atoms with van der Waals surface area (Å²) in [5.41, 5.74) is 0. The SMILES string of the molecule is O=C(O)CCCCCCCC(=O)O.[Eu]. The molecule has 83 valence electrons. The molecule has 14 heavy (non-hydrogen) atoms. The normalized spacial score (nSPS) is 9.14. The van der Waals surface area contributed by atoms with Crippen LogP contribution in [-0.4, -0.2) is 22.2 Å². The number of unbranched alkanes of at least 4 members (excludes halogenated alkanes) is 4. The van der Waals surface area contributed by atoms with E-state index >= 15 is 0 Å². The molecule has 0 saturated carbocycles. The minimum Gasteiger partial charge on any atom is -0.481 e. The van der Waals surface area contributed by atoms with E-state index in [1.54, 1.807) is 0 Å². The van der Waals surface area contributed by atoms with E-state index in [0.29, 0.717) is 12.8 Å². The molecule has 0 fully saturated rings. The van der Waals surface area contributed by atoms with Gasteiger partial charge in [-0.3, -0.25) is 9.59 Å². The first-order valence-corrected chi connectivity index (χ1v) is 4.56. The van der Waals surface area contributed by atoms with Gasteiger partial charge in [-0.15, -0.1) is 0 Å². The summed E-state index contributed by atoms with van der Waals surface area (Å²) in [6.45, 7) is 0. The van der Waals surface area contributed by atoms with Crippen molar-refractivity contribution < 1.29 is 69.2 Å². The van der Waals surface area contributed by atoms with E-state index in [0.717, 1.165) is 19.3 Å². The molecule has 0 aliphatic carbocycles. The summed E-state index contributed by atoms with van der Waals surface area (Å²) in [7, 11) is 0. The van der Waals surface area contributed by atoms with Crippen LogP contribution in [0.2, 0.25) is 0 Å². The molecule has 0 atom stereocenters. The third-order valence-corrected chi connectivity index (χ3v) is 1.78. The topological polar surface area (TPSA) is 74.6 Å². The molecule has 2 N–H and O–H groups in total.